The van der Waals surface area contributed by atoms with Crippen LogP contribution in [0.25, 0.3) is 11.1 Å². The van der Waals surface area contributed by atoms with Gasteiger partial charge in [0.2, 0.25) is 0 Å². The third-order valence-corrected chi connectivity index (χ3v) is 7.58. The SMILES string of the molecule is CNC1(C)NC(=NC2CCC(NCc3ccc(-c4ccccc4)cc3OC(F)(F)F)CC2)Nc2ccccc21.Cl.Cl. The van der Waals surface area contributed by atoms with Crippen molar-refractivity contribution in [1.29, 1.82) is 0 Å². The Hall–Kier alpha value is -2.98. The zero-order chi connectivity index (χ0) is 27.5. The number of para-hydroxylation sites is 1. The summed E-state index contributed by atoms with van der Waals surface area (Å²) >= 11 is 0. The molecule has 1 aliphatic heterocycles. The standard InChI is InChI=1S/C30H34F3N5O.2ClH/c1-29(34-2)25-10-6-7-11-26(25)37-28(38-29)36-24-16-14-23(15-17-24)35-19-22-13-12-21(20-8-4-3-5-9-20)18-27(22)39-30(31,32)33;;/h3-13,18,23-24,34-35H,14-17,19H2,1-2H3,(H2,36,37,38);2*1H. The number of rotatable bonds is 7. The Morgan fingerprint density at radius 1 is 0.927 bits per heavy atom. The minimum atomic E-state index is -4.76. The van der Waals surface area contributed by atoms with Gasteiger partial charge in [0, 0.05) is 29.4 Å². The van der Waals surface area contributed by atoms with E-state index in [4.69, 9.17) is 4.99 Å². The number of fused-ring (bicyclic) bond motifs is 1. The molecule has 1 aliphatic carbocycles. The Balaban J connectivity index is 0.00000231. The van der Waals surface area contributed by atoms with Gasteiger partial charge in [-0.2, -0.15) is 0 Å². The van der Waals surface area contributed by atoms with Gasteiger partial charge in [-0.3, -0.25) is 5.32 Å². The largest absolute Gasteiger partial charge is 0.573 e. The molecule has 6 nitrogen and oxygen atoms in total. The van der Waals surface area contributed by atoms with Crippen LogP contribution in [0.4, 0.5) is 18.9 Å². The van der Waals surface area contributed by atoms with E-state index < -0.39 is 12.0 Å². The Morgan fingerprint density at radius 3 is 2.29 bits per heavy atom. The first-order chi connectivity index (χ1) is 18.7. The molecule has 222 valence electrons. The molecule has 2 aliphatic rings. The van der Waals surface area contributed by atoms with E-state index in [0.29, 0.717) is 17.7 Å². The molecule has 1 heterocycles. The van der Waals surface area contributed by atoms with Crippen molar-refractivity contribution in [2.24, 2.45) is 4.99 Å². The number of hydrogen-bond donors (Lipinski definition) is 4. The number of nitrogens with one attached hydrogen (secondary N) is 4. The van der Waals surface area contributed by atoms with Crippen LogP contribution >= 0.6 is 24.8 Å². The van der Waals surface area contributed by atoms with Crippen molar-refractivity contribution in [2.45, 2.75) is 63.3 Å². The fourth-order valence-electron chi connectivity index (χ4n) is 5.33. The fraction of sp³-hybridized carbons (Fsp3) is 0.367. The highest BCUT2D eigenvalue weighted by Crippen LogP contribution is 2.33. The summed E-state index contributed by atoms with van der Waals surface area (Å²) in [7, 11) is 1.92. The van der Waals surface area contributed by atoms with Gasteiger partial charge in [0.1, 0.15) is 11.4 Å². The van der Waals surface area contributed by atoms with Crippen LogP contribution in [0.3, 0.4) is 0 Å². The normalized spacial score (nSPS) is 22.8. The van der Waals surface area contributed by atoms with Crippen LogP contribution in [0.1, 0.15) is 43.7 Å². The maximum atomic E-state index is 13.2. The van der Waals surface area contributed by atoms with Crippen molar-refractivity contribution < 1.29 is 17.9 Å². The second-order valence-electron chi connectivity index (χ2n) is 10.3. The van der Waals surface area contributed by atoms with Crippen molar-refractivity contribution in [3.05, 3.63) is 83.9 Å². The number of guanidine groups is 1. The van der Waals surface area contributed by atoms with Gasteiger partial charge in [-0.25, -0.2) is 4.99 Å². The Kier molecular flexibility index (Phi) is 10.9. The first-order valence-corrected chi connectivity index (χ1v) is 13.3. The molecule has 0 spiro atoms. The topological polar surface area (TPSA) is 69.7 Å². The second-order valence-corrected chi connectivity index (χ2v) is 10.3. The van der Waals surface area contributed by atoms with Crippen molar-refractivity contribution in [2.75, 3.05) is 12.4 Å². The van der Waals surface area contributed by atoms with Crippen LogP contribution in [0.5, 0.6) is 5.75 Å². The molecule has 3 aromatic carbocycles. The average Bonchev–Trinajstić information content (AvgIpc) is 2.93. The molecule has 0 radical (unpaired) electrons. The highest BCUT2D eigenvalue weighted by atomic mass is 35.5. The summed E-state index contributed by atoms with van der Waals surface area (Å²) in [5, 5.41) is 13.7. The van der Waals surface area contributed by atoms with E-state index in [1.54, 1.807) is 6.07 Å². The van der Waals surface area contributed by atoms with E-state index in [1.165, 1.54) is 6.07 Å². The summed E-state index contributed by atoms with van der Waals surface area (Å²) in [6.07, 6.45) is -1.20. The van der Waals surface area contributed by atoms with Gasteiger partial charge in [-0.1, -0.05) is 60.7 Å². The Morgan fingerprint density at radius 2 is 1.61 bits per heavy atom. The second kappa shape index (κ2) is 13.8. The number of alkyl halides is 3. The molecule has 4 N–H and O–H groups in total. The lowest BCUT2D eigenvalue weighted by molar-refractivity contribution is -0.274. The number of aliphatic imine (C=N–C) groups is 1. The summed E-state index contributed by atoms with van der Waals surface area (Å²) in [5.41, 5.74) is 3.73. The molecule has 3 aromatic rings. The number of benzene rings is 3. The first-order valence-electron chi connectivity index (χ1n) is 13.3. The smallest absolute Gasteiger partial charge is 0.405 e. The van der Waals surface area contributed by atoms with Crippen LogP contribution in [-0.2, 0) is 12.2 Å². The molecule has 0 saturated heterocycles. The molecule has 1 atom stereocenters. The van der Waals surface area contributed by atoms with Crippen LogP contribution in [0.2, 0.25) is 0 Å². The quantitative estimate of drug-likeness (QED) is 0.233. The lowest BCUT2D eigenvalue weighted by Crippen LogP contribution is -2.57. The molecule has 41 heavy (non-hydrogen) atoms. The molecule has 0 amide bonds. The predicted molar refractivity (Wildman–Crippen MR) is 163 cm³/mol. The fourth-order valence-corrected chi connectivity index (χ4v) is 5.33. The van der Waals surface area contributed by atoms with Crippen molar-refractivity contribution in [3.63, 3.8) is 0 Å². The number of nitrogens with zero attached hydrogens (tertiary/aromatic N) is 1. The summed E-state index contributed by atoms with van der Waals surface area (Å²) in [6, 6.07) is 22.8. The molecule has 5 rings (SSSR count). The highest BCUT2D eigenvalue weighted by molar-refractivity contribution is 5.97. The molecular formula is C30H36Cl2F3N5O. The lowest BCUT2D eigenvalue weighted by atomic mass is 9.91. The molecular weight excluding hydrogens is 574 g/mol. The van der Waals surface area contributed by atoms with Crippen LogP contribution in [0, 0.1) is 0 Å². The number of halogens is 5. The Bertz CT molecular complexity index is 1320. The monoisotopic (exact) mass is 609 g/mol. The number of anilines is 1. The van der Waals surface area contributed by atoms with Crippen molar-refractivity contribution in [1.82, 2.24) is 16.0 Å². The molecule has 1 fully saturated rings. The zero-order valence-electron chi connectivity index (χ0n) is 22.9. The van der Waals surface area contributed by atoms with E-state index in [9.17, 15) is 13.2 Å². The van der Waals surface area contributed by atoms with Crippen molar-refractivity contribution in [3.8, 4) is 16.9 Å². The van der Waals surface area contributed by atoms with Gasteiger partial charge < -0.3 is 20.7 Å². The van der Waals surface area contributed by atoms with Crippen molar-refractivity contribution >= 4 is 36.5 Å². The predicted octanol–water partition coefficient (Wildman–Crippen LogP) is 6.96. The number of hydrogen-bond acceptors (Lipinski definition) is 4. The van der Waals surface area contributed by atoms with Crippen LogP contribution in [0.15, 0.2) is 77.8 Å². The third-order valence-electron chi connectivity index (χ3n) is 7.58. The van der Waals surface area contributed by atoms with Gasteiger partial charge in [-0.15, -0.1) is 38.0 Å². The third kappa shape index (κ3) is 8.07. The minimum Gasteiger partial charge on any atom is -0.405 e. The molecule has 1 saturated carbocycles. The van der Waals surface area contributed by atoms with Crippen LogP contribution in [-0.4, -0.2) is 31.5 Å². The molecule has 0 bridgehead atoms. The van der Waals surface area contributed by atoms with E-state index in [2.05, 4.69) is 39.0 Å². The van der Waals surface area contributed by atoms with E-state index in [1.807, 2.05) is 61.6 Å². The van der Waals surface area contributed by atoms with E-state index in [-0.39, 0.29) is 42.6 Å². The average molecular weight is 611 g/mol. The minimum absolute atomic E-state index is 0. The maximum absolute atomic E-state index is 13.2. The lowest BCUT2D eigenvalue weighted by Gasteiger charge is -2.39. The van der Waals surface area contributed by atoms with Gasteiger partial charge in [0.25, 0.3) is 0 Å². The van der Waals surface area contributed by atoms with E-state index >= 15 is 0 Å². The first kappa shape index (κ1) is 32.5. The van der Waals surface area contributed by atoms with Gasteiger partial charge in [0.15, 0.2) is 5.96 Å². The summed E-state index contributed by atoms with van der Waals surface area (Å²) in [6.45, 7) is 2.39. The molecule has 1 unspecified atom stereocenters. The molecule has 11 heteroatoms. The Labute approximate surface area is 251 Å². The summed E-state index contributed by atoms with van der Waals surface area (Å²) in [4.78, 5) is 4.96. The zero-order valence-corrected chi connectivity index (χ0v) is 24.6. The maximum Gasteiger partial charge on any atom is 0.573 e. The van der Waals surface area contributed by atoms with E-state index in [0.717, 1.165) is 48.5 Å². The summed E-state index contributed by atoms with van der Waals surface area (Å²) in [5.74, 6) is 0.577. The van der Waals surface area contributed by atoms with Crippen LogP contribution < -0.4 is 26.0 Å². The highest BCUT2D eigenvalue weighted by Gasteiger charge is 2.34. The summed E-state index contributed by atoms with van der Waals surface area (Å²) < 4.78 is 43.9. The van der Waals surface area contributed by atoms with Gasteiger partial charge >= 0.3 is 6.36 Å². The van der Waals surface area contributed by atoms with Gasteiger partial charge in [0.05, 0.1) is 6.04 Å². The molecule has 0 aromatic heterocycles. The van der Waals surface area contributed by atoms with Gasteiger partial charge in [-0.05, 0) is 62.9 Å². The number of ether oxygens (including phenoxy) is 1.